The van der Waals surface area contributed by atoms with E-state index in [2.05, 4.69) is 23.7 Å². The quantitative estimate of drug-likeness (QED) is 0.833. The van der Waals surface area contributed by atoms with E-state index in [9.17, 15) is 4.79 Å². The first-order valence-electron chi connectivity index (χ1n) is 7.09. The Kier molecular flexibility index (Phi) is 4.77. The van der Waals surface area contributed by atoms with Crippen molar-refractivity contribution in [2.75, 3.05) is 31.1 Å². The van der Waals surface area contributed by atoms with Crippen LogP contribution >= 0.6 is 0 Å². The number of aromatic nitrogens is 1. The fraction of sp³-hybridized carbons (Fsp3) is 0.600. The zero-order chi connectivity index (χ0) is 13.7. The van der Waals surface area contributed by atoms with E-state index in [1.165, 1.54) is 5.69 Å². The highest BCUT2D eigenvalue weighted by molar-refractivity contribution is 5.76. The van der Waals surface area contributed by atoms with E-state index in [0.29, 0.717) is 18.2 Å². The van der Waals surface area contributed by atoms with Gasteiger partial charge in [-0.1, -0.05) is 13.8 Å². The van der Waals surface area contributed by atoms with Crippen molar-refractivity contribution in [3.8, 4) is 0 Å². The van der Waals surface area contributed by atoms with Crippen LogP contribution in [0.5, 0.6) is 0 Å². The Bertz CT molecular complexity index is 397. The maximum absolute atomic E-state index is 12.0. The van der Waals surface area contributed by atoms with Crippen LogP contribution in [0, 0.1) is 5.92 Å². The lowest BCUT2D eigenvalue weighted by Gasteiger charge is -2.36. The smallest absolute Gasteiger partial charge is 0.222 e. The SMILES string of the molecule is CC(C)CCC(=O)N1CCN(c2ccncc2)CC1. The van der Waals surface area contributed by atoms with E-state index in [4.69, 9.17) is 0 Å². The third kappa shape index (κ3) is 3.94. The van der Waals surface area contributed by atoms with E-state index in [-0.39, 0.29) is 0 Å². The first-order valence-corrected chi connectivity index (χ1v) is 7.09. The molecule has 0 saturated carbocycles. The van der Waals surface area contributed by atoms with Gasteiger partial charge in [-0.3, -0.25) is 9.78 Å². The molecule has 104 valence electrons. The molecule has 0 radical (unpaired) electrons. The van der Waals surface area contributed by atoms with E-state index in [1.807, 2.05) is 29.4 Å². The van der Waals surface area contributed by atoms with Gasteiger partial charge in [-0.2, -0.15) is 0 Å². The molecule has 2 rings (SSSR count). The van der Waals surface area contributed by atoms with E-state index in [0.717, 1.165) is 32.6 Å². The molecule has 1 amide bonds. The predicted molar refractivity (Wildman–Crippen MR) is 77.1 cm³/mol. The second-order valence-corrected chi connectivity index (χ2v) is 5.51. The average molecular weight is 261 g/mol. The molecular weight excluding hydrogens is 238 g/mol. The highest BCUT2D eigenvalue weighted by Crippen LogP contribution is 2.15. The number of pyridine rings is 1. The molecule has 1 saturated heterocycles. The normalized spacial score (nSPS) is 15.9. The number of rotatable bonds is 4. The van der Waals surface area contributed by atoms with Gasteiger partial charge in [-0.05, 0) is 24.5 Å². The van der Waals surface area contributed by atoms with Crippen molar-refractivity contribution in [3.63, 3.8) is 0 Å². The van der Waals surface area contributed by atoms with Gasteiger partial charge in [0.25, 0.3) is 0 Å². The minimum atomic E-state index is 0.308. The number of hydrogen-bond acceptors (Lipinski definition) is 3. The van der Waals surface area contributed by atoms with Gasteiger partial charge >= 0.3 is 0 Å². The second-order valence-electron chi connectivity index (χ2n) is 5.51. The number of piperazine rings is 1. The third-order valence-electron chi connectivity index (χ3n) is 3.60. The average Bonchev–Trinajstić information content (AvgIpc) is 2.46. The summed E-state index contributed by atoms with van der Waals surface area (Å²) in [5, 5.41) is 0. The maximum Gasteiger partial charge on any atom is 0.222 e. The summed E-state index contributed by atoms with van der Waals surface area (Å²) < 4.78 is 0. The van der Waals surface area contributed by atoms with Gasteiger partial charge in [0.2, 0.25) is 5.91 Å². The van der Waals surface area contributed by atoms with Crippen LogP contribution in [0.3, 0.4) is 0 Å². The molecule has 1 fully saturated rings. The Morgan fingerprint density at radius 2 is 1.84 bits per heavy atom. The zero-order valence-electron chi connectivity index (χ0n) is 11.9. The number of amides is 1. The molecule has 0 bridgehead atoms. The van der Waals surface area contributed by atoms with Crippen molar-refractivity contribution < 1.29 is 4.79 Å². The van der Waals surface area contributed by atoms with Crippen LogP contribution < -0.4 is 4.90 Å². The number of anilines is 1. The summed E-state index contributed by atoms with van der Waals surface area (Å²) in [6.45, 7) is 7.82. The van der Waals surface area contributed by atoms with E-state index >= 15 is 0 Å². The van der Waals surface area contributed by atoms with Gasteiger partial charge in [-0.15, -0.1) is 0 Å². The summed E-state index contributed by atoms with van der Waals surface area (Å²) in [6, 6.07) is 4.05. The summed E-state index contributed by atoms with van der Waals surface area (Å²) >= 11 is 0. The molecule has 0 N–H and O–H groups in total. The third-order valence-corrected chi connectivity index (χ3v) is 3.60. The van der Waals surface area contributed by atoms with Crippen molar-refractivity contribution in [1.29, 1.82) is 0 Å². The summed E-state index contributed by atoms with van der Waals surface area (Å²) in [5.74, 6) is 0.908. The summed E-state index contributed by atoms with van der Waals surface area (Å²) in [5.41, 5.74) is 1.20. The highest BCUT2D eigenvalue weighted by atomic mass is 16.2. The lowest BCUT2D eigenvalue weighted by molar-refractivity contribution is -0.131. The van der Waals surface area contributed by atoms with Gasteiger partial charge in [0, 0.05) is 50.7 Å². The van der Waals surface area contributed by atoms with Crippen LogP contribution in [0.2, 0.25) is 0 Å². The molecule has 0 aromatic carbocycles. The van der Waals surface area contributed by atoms with Crippen molar-refractivity contribution >= 4 is 11.6 Å². The van der Waals surface area contributed by atoms with Gasteiger partial charge in [0.05, 0.1) is 0 Å². The minimum absolute atomic E-state index is 0.308. The fourth-order valence-corrected chi connectivity index (χ4v) is 2.34. The number of carbonyl (C=O) groups is 1. The highest BCUT2D eigenvalue weighted by Gasteiger charge is 2.20. The largest absolute Gasteiger partial charge is 0.368 e. The summed E-state index contributed by atoms with van der Waals surface area (Å²) in [6.07, 6.45) is 5.31. The summed E-state index contributed by atoms with van der Waals surface area (Å²) in [4.78, 5) is 20.4. The monoisotopic (exact) mass is 261 g/mol. The van der Waals surface area contributed by atoms with Crippen molar-refractivity contribution in [2.45, 2.75) is 26.7 Å². The van der Waals surface area contributed by atoms with Gasteiger partial charge in [0.15, 0.2) is 0 Å². The fourth-order valence-electron chi connectivity index (χ4n) is 2.34. The Hall–Kier alpha value is -1.58. The number of hydrogen-bond donors (Lipinski definition) is 0. The van der Waals surface area contributed by atoms with Crippen LogP contribution in [-0.2, 0) is 4.79 Å². The number of carbonyl (C=O) groups excluding carboxylic acids is 1. The molecule has 4 nitrogen and oxygen atoms in total. The van der Waals surface area contributed by atoms with E-state index < -0.39 is 0 Å². The molecule has 0 atom stereocenters. The lowest BCUT2D eigenvalue weighted by Crippen LogP contribution is -2.48. The molecule has 1 aliphatic rings. The van der Waals surface area contributed by atoms with Crippen molar-refractivity contribution in [2.24, 2.45) is 5.92 Å². The van der Waals surface area contributed by atoms with Crippen LogP contribution in [0.25, 0.3) is 0 Å². The maximum atomic E-state index is 12.0. The molecule has 4 heteroatoms. The predicted octanol–water partition coefficient (Wildman–Crippen LogP) is 2.17. The molecule has 19 heavy (non-hydrogen) atoms. The first-order chi connectivity index (χ1) is 9.16. The molecule has 1 aromatic rings. The van der Waals surface area contributed by atoms with E-state index in [1.54, 1.807) is 0 Å². The van der Waals surface area contributed by atoms with Crippen molar-refractivity contribution in [1.82, 2.24) is 9.88 Å². The first kappa shape index (κ1) is 13.8. The Morgan fingerprint density at radius 3 is 2.42 bits per heavy atom. The van der Waals surface area contributed by atoms with Crippen LogP contribution in [0.4, 0.5) is 5.69 Å². The molecular formula is C15H23N3O. The number of nitrogens with zero attached hydrogens (tertiary/aromatic N) is 3. The molecule has 2 heterocycles. The Labute approximate surface area is 115 Å². The zero-order valence-corrected chi connectivity index (χ0v) is 11.9. The Balaban J connectivity index is 1.81. The Morgan fingerprint density at radius 1 is 1.21 bits per heavy atom. The second kappa shape index (κ2) is 6.55. The molecule has 1 aromatic heterocycles. The molecule has 0 aliphatic carbocycles. The molecule has 0 spiro atoms. The minimum Gasteiger partial charge on any atom is -0.368 e. The molecule has 0 unspecified atom stereocenters. The summed E-state index contributed by atoms with van der Waals surface area (Å²) in [7, 11) is 0. The topological polar surface area (TPSA) is 36.4 Å². The van der Waals surface area contributed by atoms with Crippen LogP contribution in [0.1, 0.15) is 26.7 Å². The van der Waals surface area contributed by atoms with Crippen LogP contribution in [-0.4, -0.2) is 42.0 Å². The van der Waals surface area contributed by atoms with Gasteiger partial charge < -0.3 is 9.80 Å². The lowest BCUT2D eigenvalue weighted by atomic mass is 10.1. The standard InChI is InChI=1S/C15H23N3O/c1-13(2)3-4-15(19)18-11-9-17(10-12-18)14-5-7-16-8-6-14/h5-8,13H,3-4,9-12H2,1-2H3. The van der Waals surface area contributed by atoms with Crippen LogP contribution in [0.15, 0.2) is 24.5 Å². The molecule has 1 aliphatic heterocycles. The van der Waals surface area contributed by atoms with Gasteiger partial charge in [-0.25, -0.2) is 0 Å². The van der Waals surface area contributed by atoms with Crippen molar-refractivity contribution in [3.05, 3.63) is 24.5 Å². The van der Waals surface area contributed by atoms with Gasteiger partial charge in [0.1, 0.15) is 0 Å².